The molecule has 0 radical (unpaired) electrons. The second-order valence-corrected chi connectivity index (χ2v) is 5.08. The lowest BCUT2D eigenvalue weighted by molar-refractivity contribution is 0.835. The van der Waals surface area contributed by atoms with Gasteiger partial charge >= 0.3 is 0 Å². The number of aryl methyl sites for hydroxylation is 2. The number of rotatable bonds is 4. The van der Waals surface area contributed by atoms with Gasteiger partial charge in [0.25, 0.3) is 11.1 Å². The van der Waals surface area contributed by atoms with Gasteiger partial charge in [-0.25, -0.2) is 10.1 Å². The number of hydrazone groups is 1. The van der Waals surface area contributed by atoms with Gasteiger partial charge in [-0.15, -0.1) is 10.2 Å². The van der Waals surface area contributed by atoms with E-state index in [0.717, 1.165) is 5.69 Å². The van der Waals surface area contributed by atoms with Gasteiger partial charge in [0, 0.05) is 5.69 Å². The third kappa shape index (κ3) is 3.00. The Bertz CT molecular complexity index is 999. The van der Waals surface area contributed by atoms with Crippen LogP contribution in [0.5, 0.6) is 0 Å². The highest BCUT2D eigenvalue weighted by atomic mass is 16.1. The van der Waals surface area contributed by atoms with E-state index in [-0.39, 0.29) is 22.8 Å². The molecular weight excluding hydrogens is 310 g/mol. The van der Waals surface area contributed by atoms with Crippen molar-refractivity contribution >= 4 is 12.2 Å². The lowest BCUT2D eigenvalue weighted by Gasteiger charge is -1.99. The molecule has 9 nitrogen and oxygen atoms in total. The molecule has 24 heavy (non-hydrogen) atoms. The van der Waals surface area contributed by atoms with E-state index < -0.39 is 0 Å². The Morgan fingerprint density at radius 1 is 1.17 bits per heavy atom. The van der Waals surface area contributed by atoms with Gasteiger partial charge < -0.3 is 0 Å². The quantitative estimate of drug-likeness (QED) is 0.482. The van der Waals surface area contributed by atoms with Crippen LogP contribution in [0.25, 0.3) is 5.69 Å². The fraction of sp³-hybridized carbons (Fsp3) is 0.133. The number of hydrogen-bond donors (Lipinski definition) is 3. The van der Waals surface area contributed by atoms with Crippen molar-refractivity contribution in [1.82, 2.24) is 25.0 Å². The van der Waals surface area contributed by atoms with E-state index >= 15 is 0 Å². The van der Waals surface area contributed by atoms with E-state index in [4.69, 9.17) is 0 Å². The van der Waals surface area contributed by atoms with Crippen molar-refractivity contribution in [3.63, 3.8) is 0 Å². The molecule has 2 heterocycles. The summed E-state index contributed by atoms with van der Waals surface area (Å²) in [5.41, 5.74) is 4.01. The molecule has 0 amide bonds. The van der Waals surface area contributed by atoms with Gasteiger partial charge in [0.15, 0.2) is 0 Å². The van der Waals surface area contributed by atoms with Crippen molar-refractivity contribution in [2.24, 2.45) is 5.10 Å². The zero-order valence-electron chi connectivity index (χ0n) is 13.1. The van der Waals surface area contributed by atoms with E-state index in [2.05, 4.69) is 30.8 Å². The van der Waals surface area contributed by atoms with Gasteiger partial charge in [-0.1, -0.05) is 18.2 Å². The summed E-state index contributed by atoms with van der Waals surface area (Å²) in [6, 6.07) is 9.21. The van der Waals surface area contributed by atoms with Gasteiger partial charge in [-0.3, -0.25) is 19.7 Å². The summed E-state index contributed by atoms with van der Waals surface area (Å²) >= 11 is 0. The predicted molar refractivity (Wildman–Crippen MR) is 89.7 cm³/mol. The van der Waals surface area contributed by atoms with E-state index in [1.165, 1.54) is 10.9 Å². The van der Waals surface area contributed by atoms with Gasteiger partial charge in [-0.05, 0) is 26.0 Å². The second-order valence-electron chi connectivity index (χ2n) is 5.08. The Morgan fingerprint density at radius 3 is 2.62 bits per heavy atom. The first-order chi connectivity index (χ1) is 11.6. The summed E-state index contributed by atoms with van der Waals surface area (Å²) in [7, 11) is 0. The molecule has 0 aliphatic carbocycles. The van der Waals surface area contributed by atoms with Crippen LogP contribution in [0, 0.1) is 13.8 Å². The number of nitrogens with one attached hydrogen (secondary N) is 3. The maximum atomic E-state index is 12.5. The van der Waals surface area contributed by atoms with Crippen LogP contribution in [-0.2, 0) is 0 Å². The Morgan fingerprint density at radius 2 is 1.92 bits per heavy atom. The summed E-state index contributed by atoms with van der Waals surface area (Å²) in [4.78, 5) is 26.4. The van der Waals surface area contributed by atoms with Crippen molar-refractivity contribution in [1.29, 1.82) is 0 Å². The normalized spacial score (nSPS) is 11.1. The molecule has 0 aliphatic heterocycles. The number of aromatic amines is 2. The summed E-state index contributed by atoms with van der Waals surface area (Å²) in [5.74, 6) is 0.0958. The molecule has 3 N–H and O–H groups in total. The van der Waals surface area contributed by atoms with Gasteiger partial charge in [0.05, 0.1) is 17.5 Å². The van der Waals surface area contributed by atoms with Gasteiger partial charge in [0.1, 0.15) is 5.69 Å². The minimum absolute atomic E-state index is 0.0958. The average molecular weight is 325 g/mol. The molecule has 0 saturated heterocycles. The van der Waals surface area contributed by atoms with Crippen LogP contribution in [0.4, 0.5) is 5.95 Å². The Balaban J connectivity index is 1.85. The average Bonchev–Trinajstić information content (AvgIpc) is 2.87. The second kappa shape index (κ2) is 6.32. The lowest BCUT2D eigenvalue weighted by atomic mass is 10.3. The molecule has 2 aromatic heterocycles. The highest BCUT2D eigenvalue weighted by molar-refractivity contribution is 5.81. The first-order valence-corrected chi connectivity index (χ1v) is 7.16. The minimum atomic E-state index is -0.355. The Kier molecular flexibility index (Phi) is 4.06. The molecule has 1 aromatic carbocycles. The van der Waals surface area contributed by atoms with Crippen LogP contribution in [0.15, 0.2) is 45.0 Å². The number of nitrogens with zero attached hydrogens (tertiary/aromatic N) is 4. The molecular formula is C15H15N7O2. The van der Waals surface area contributed by atoms with Crippen molar-refractivity contribution in [3.05, 3.63) is 68.0 Å². The van der Waals surface area contributed by atoms with Crippen LogP contribution < -0.4 is 16.5 Å². The first-order valence-electron chi connectivity index (χ1n) is 7.16. The topological polar surface area (TPSA) is 121 Å². The monoisotopic (exact) mass is 325 g/mol. The number of aromatic nitrogens is 5. The number of benzene rings is 1. The molecule has 0 aliphatic rings. The van der Waals surface area contributed by atoms with Crippen LogP contribution in [0.2, 0.25) is 0 Å². The molecule has 0 atom stereocenters. The highest BCUT2D eigenvalue weighted by Crippen LogP contribution is 2.05. The van der Waals surface area contributed by atoms with Crippen LogP contribution in [0.1, 0.15) is 17.0 Å². The maximum absolute atomic E-state index is 12.5. The summed E-state index contributed by atoms with van der Waals surface area (Å²) < 4.78 is 1.43. The number of H-pyrrole nitrogens is 2. The largest absolute Gasteiger partial charge is 0.295 e. The SMILES string of the molecule is Cc1[nH]n(-c2ccccc2)c(=O)c1/C=N/Nc1nnc(C)c(=O)[nH]1. The van der Waals surface area contributed by atoms with Gasteiger partial charge in [0.2, 0.25) is 5.95 Å². The van der Waals surface area contributed by atoms with E-state index in [1.807, 2.05) is 30.3 Å². The van der Waals surface area contributed by atoms with E-state index in [0.29, 0.717) is 11.3 Å². The molecule has 0 spiro atoms. The third-order valence-corrected chi connectivity index (χ3v) is 3.36. The lowest BCUT2D eigenvalue weighted by Crippen LogP contribution is -2.18. The molecule has 122 valence electrons. The molecule has 0 unspecified atom stereocenters. The van der Waals surface area contributed by atoms with Crippen LogP contribution >= 0.6 is 0 Å². The standard InChI is InChI=1S/C15H15N7O2/c1-9-12(8-16-19-15-17-13(23)10(2)18-20-15)14(24)22(21-9)11-6-4-3-5-7-11/h3-8,21H,1-2H3,(H2,17,19,20,23)/b16-8+. The van der Waals surface area contributed by atoms with Crippen molar-refractivity contribution in [3.8, 4) is 5.69 Å². The molecule has 9 heteroatoms. The number of anilines is 1. The summed E-state index contributed by atoms with van der Waals surface area (Å²) in [6.07, 6.45) is 1.37. The Labute approximate surface area is 136 Å². The fourth-order valence-electron chi connectivity index (χ4n) is 2.07. The highest BCUT2D eigenvalue weighted by Gasteiger charge is 2.10. The molecule has 0 fully saturated rings. The smallest absolute Gasteiger partial charge is 0.280 e. The van der Waals surface area contributed by atoms with E-state index in [9.17, 15) is 9.59 Å². The summed E-state index contributed by atoms with van der Waals surface area (Å²) in [6.45, 7) is 3.32. The predicted octanol–water partition coefficient (Wildman–Crippen LogP) is 0.707. The number of hydrogen-bond acceptors (Lipinski definition) is 6. The Hall–Kier alpha value is -3.49. The van der Waals surface area contributed by atoms with Crippen molar-refractivity contribution in [2.75, 3.05) is 5.43 Å². The number of para-hydroxylation sites is 1. The maximum Gasteiger partial charge on any atom is 0.280 e. The van der Waals surface area contributed by atoms with Crippen LogP contribution in [-0.4, -0.2) is 31.2 Å². The van der Waals surface area contributed by atoms with Crippen LogP contribution in [0.3, 0.4) is 0 Å². The molecule has 0 bridgehead atoms. The van der Waals surface area contributed by atoms with Crippen molar-refractivity contribution in [2.45, 2.75) is 13.8 Å². The third-order valence-electron chi connectivity index (χ3n) is 3.36. The van der Waals surface area contributed by atoms with E-state index in [1.54, 1.807) is 13.8 Å². The molecule has 3 rings (SSSR count). The minimum Gasteiger partial charge on any atom is -0.295 e. The zero-order valence-corrected chi connectivity index (χ0v) is 13.1. The first kappa shape index (κ1) is 15.4. The zero-order chi connectivity index (χ0) is 17.1. The van der Waals surface area contributed by atoms with Crippen molar-refractivity contribution < 1.29 is 0 Å². The molecule has 3 aromatic rings. The molecule has 0 saturated carbocycles. The van der Waals surface area contributed by atoms with Gasteiger partial charge in [-0.2, -0.15) is 5.10 Å². The summed E-state index contributed by atoms with van der Waals surface area (Å²) in [5, 5.41) is 14.4. The fourth-order valence-corrected chi connectivity index (χ4v) is 2.07.